The fourth-order valence-electron chi connectivity index (χ4n) is 3.72. The molecule has 0 atom stereocenters. The van der Waals surface area contributed by atoms with E-state index in [1.165, 1.54) is 19.5 Å². The van der Waals surface area contributed by atoms with E-state index in [1.54, 1.807) is 24.3 Å². The van der Waals surface area contributed by atoms with Gasteiger partial charge >= 0.3 is 6.30 Å². The smallest absolute Gasteiger partial charge is 0.459 e. The van der Waals surface area contributed by atoms with Crippen LogP contribution in [0.1, 0.15) is 12.8 Å². The molecular weight excluding hydrogens is 508 g/mol. The van der Waals surface area contributed by atoms with E-state index in [0.29, 0.717) is 50.4 Å². The van der Waals surface area contributed by atoms with Crippen LogP contribution < -0.4 is 14.8 Å². The standard InChI is InChI=1S/C22H21BrF4N4O2/c1-32-19-9-15-18(28-12-29-21(15)30-17-3-2-14(23)8-16(17)24)10-20(19)33-11-13-4-6-31(7-5-13)22(25,26)27/h2-3,8-10,12-13H,4-7,11H2,1H3,(H,28,29,30). The Labute approximate surface area is 196 Å². The van der Waals surface area contributed by atoms with Crippen molar-refractivity contribution in [2.24, 2.45) is 5.92 Å². The number of benzene rings is 2. The van der Waals surface area contributed by atoms with Crippen LogP contribution in [0.25, 0.3) is 10.9 Å². The summed E-state index contributed by atoms with van der Waals surface area (Å²) in [6.07, 6.45) is -2.16. The summed E-state index contributed by atoms with van der Waals surface area (Å²) in [4.78, 5) is 9.02. The van der Waals surface area contributed by atoms with Crippen LogP contribution in [0.5, 0.6) is 11.5 Å². The number of nitrogens with zero attached hydrogens (tertiary/aromatic N) is 3. The number of methoxy groups -OCH3 is 1. The lowest BCUT2D eigenvalue weighted by Gasteiger charge is -2.32. The molecule has 176 valence electrons. The predicted octanol–water partition coefficient (Wildman–Crippen LogP) is 5.89. The number of rotatable bonds is 6. The molecule has 0 amide bonds. The molecule has 3 aromatic rings. The molecule has 0 unspecified atom stereocenters. The zero-order valence-electron chi connectivity index (χ0n) is 17.6. The number of likely N-dealkylation sites (tertiary alicyclic amines) is 1. The molecule has 0 radical (unpaired) electrons. The van der Waals surface area contributed by atoms with Crippen LogP contribution in [0, 0.1) is 11.7 Å². The van der Waals surface area contributed by atoms with E-state index >= 15 is 0 Å². The topological polar surface area (TPSA) is 59.5 Å². The van der Waals surface area contributed by atoms with E-state index in [1.807, 2.05) is 0 Å². The average molecular weight is 529 g/mol. The minimum absolute atomic E-state index is 0.00649. The third-order valence-electron chi connectivity index (χ3n) is 5.55. The van der Waals surface area contributed by atoms with E-state index in [9.17, 15) is 17.6 Å². The largest absolute Gasteiger partial charge is 0.493 e. The summed E-state index contributed by atoms with van der Waals surface area (Å²) in [6.45, 7) is 0.191. The predicted molar refractivity (Wildman–Crippen MR) is 119 cm³/mol. The molecule has 1 fully saturated rings. The number of aromatic nitrogens is 2. The Morgan fingerprint density at radius 3 is 2.55 bits per heavy atom. The lowest BCUT2D eigenvalue weighted by Crippen LogP contribution is -2.44. The highest BCUT2D eigenvalue weighted by molar-refractivity contribution is 9.10. The van der Waals surface area contributed by atoms with Crippen LogP contribution in [0.4, 0.5) is 29.1 Å². The number of piperidine rings is 1. The SMILES string of the molecule is COc1cc2c(Nc3ccc(Br)cc3F)ncnc2cc1OCC1CCN(C(F)(F)F)CC1. The molecule has 6 nitrogen and oxygen atoms in total. The molecule has 2 heterocycles. The summed E-state index contributed by atoms with van der Waals surface area (Å²) in [5, 5.41) is 3.57. The Morgan fingerprint density at radius 1 is 1.12 bits per heavy atom. The highest BCUT2D eigenvalue weighted by Gasteiger charge is 2.39. The molecule has 1 aromatic heterocycles. The maximum Gasteiger partial charge on any atom is 0.459 e. The fraction of sp³-hybridized carbons (Fsp3) is 0.364. The molecule has 2 aromatic carbocycles. The summed E-state index contributed by atoms with van der Waals surface area (Å²) in [7, 11) is 1.49. The lowest BCUT2D eigenvalue weighted by molar-refractivity contribution is -0.251. The van der Waals surface area contributed by atoms with E-state index in [4.69, 9.17) is 9.47 Å². The molecule has 0 aliphatic carbocycles. The number of ether oxygens (including phenoxy) is 2. The Bertz CT molecular complexity index is 1140. The van der Waals surface area contributed by atoms with Crippen molar-refractivity contribution < 1.29 is 27.0 Å². The number of hydrogen-bond acceptors (Lipinski definition) is 6. The van der Waals surface area contributed by atoms with E-state index in [0.717, 1.165) is 0 Å². The van der Waals surface area contributed by atoms with Crippen molar-refractivity contribution in [2.45, 2.75) is 19.1 Å². The molecule has 33 heavy (non-hydrogen) atoms. The first kappa shape index (κ1) is 23.5. The van der Waals surface area contributed by atoms with Gasteiger partial charge in [-0.05, 0) is 43.0 Å². The monoisotopic (exact) mass is 528 g/mol. The summed E-state index contributed by atoms with van der Waals surface area (Å²) < 4.78 is 64.7. The summed E-state index contributed by atoms with van der Waals surface area (Å²) >= 11 is 3.23. The fourth-order valence-corrected chi connectivity index (χ4v) is 4.05. The van der Waals surface area contributed by atoms with Gasteiger partial charge in [-0.25, -0.2) is 19.3 Å². The highest BCUT2D eigenvalue weighted by atomic mass is 79.9. The summed E-state index contributed by atoms with van der Waals surface area (Å²) in [5.74, 6) is 0.810. The Balaban J connectivity index is 1.51. The van der Waals surface area contributed by atoms with Gasteiger partial charge in [0.1, 0.15) is 18.0 Å². The molecule has 1 saturated heterocycles. The van der Waals surface area contributed by atoms with E-state index in [-0.39, 0.29) is 31.3 Å². The van der Waals surface area contributed by atoms with Gasteiger partial charge in [-0.3, -0.25) is 0 Å². The quantitative estimate of drug-likeness (QED) is 0.317. The van der Waals surface area contributed by atoms with Crippen LogP contribution in [-0.2, 0) is 0 Å². The Morgan fingerprint density at radius 2 is 1.88 bits per heavy atom. The number of hydrogen-bond donors (Lipinski definition) is 1. The maximum atomic E-state index is 14.3. The second kappa shape index (κ2) is 9.68. The number of alkyl halides is 3. The van der Waals surface area contributed by atoms with E-state index in [2.05, 4.69) is 31.2 Å². The first-order valence-corrected chi connectivity index (χ1v) is 11.0. The van der Waals surface area contributed by atoms with Crippen LogP contribution in [0.2, 0.25) is 0 Å². The van der Waals surface area contributed by atoms with Gasteiger partial charge in [-0.15, -0.1) is 0 Å². The van der Waals surface area contributed by atoms with Gasteiger partial charge < -0.3 is 14.8 Å². The van der Waals surface area contributed by atoms with Crippen molar-refractivity contribution >= 4 is 38.3 Å². The first-order chi connectivity index (χ1) is 15.7. The first-order valence-electron chi connectivity index (χ1n) is 10.2. The Hall–Kier alpha value is -2.66. The third-order valence-corrected chi connectivity index (χ3v) is 6.05. The van der Waals surface area contributed by atoms with Gasteiger partial charge in [0.2, 0.25) is 0 Å². The van der Waals surface area contributed by atoms with E-state index < -0.39 is 12.1 Å². The molecule has 1 aliphatic heterocycles. The molecule has 0 spiro atoms. The number of halogens is 5. The van der Waals surface area contributed by atoms with Crippen molar-refractivity contribution in [3.63, 3.8) is 0 Å². The van der Waals surface area contributed by atoms with Gasteiger partial charge in [0.15, 0.2) is 11.5 Å². The van der Waals surface area contributed by atoms with Crippen molar-refractivity contribution in [3.8, 4) is 11.5 Å². The van der Waals surface area contributed by atoms with Crippen LogP contribution in [0.15, 0.2) is 41.1 Å². The molecule has 1 N–H and O–H groups in total. The number of fused-ring (bicyclic) bond motifs is 1. The molecule has 0 saturated carbocycles. The Kier molecular flexibility index (Phi) is 6.89. The normalized spacial score (nSPS) is 15.6. The van der Waals surface area contributed by atoms with Crippen LogP contribution >= 0.6 is 15.9 Å². The summed E-state index contributed by atoms with van der Waals surface area (Å²) in [6, 6.07) is 8.02. The van der Waals surface area contributed by atoms with Crippen molar-refractivity contribution in [1.82, 2.24) is 14.9 Å². The lowest BCUT2D eigenvalue weighted by atomic mass is 9.98. The number of nitrogens with one attached hydrogen (secondary N) is 1. The van der Waals surface area contributed by atoms with Gasteiger partial charge in [0.25, 0.3) is 0 Å². The van der Waals surface area contributed by atoms with Gasteiger partial charge in [-0.1, -0.05) is 15.9 Å². The van der Waals surface area contributed by atoms with Crippen molar-refractivity contribution in [2.75, 3.05) is 32.1 Å². The van der Waals surface area contributed by atoms with Gasteiger partial charge in [0.05, 0.1) is 24.9 Å². The highest BCUT2D eigenvalue weighted by Crippen LogP contribution is 2.36. The molecule has 4 rings (SSSR count). The minimum atomic E-state index is -4.29. The van der Waals surface area contributed by atoms with Gasteiger partial charge in [-0.2, -0.15) is 13.2 Å². The van der Waals surface area contributed by atoms with Crippen molar-refractivity contribution in [1.29, 1.82) is 0 Å². The second-order valence-electron chi connectivity index (χ2n) is 7.70. The zero-order valence-corrected chi connectivity index (χ0v) is 19.2. The second-order valence-corrected chi connectivity index (χ2v) is 8.62. The minimum Gasteiger partial charge on any atom is -0.493 e. The average Bonchev–Trinajstić information content (AvgIpc) is 2.78. The molecule has 0 bridgehead atoms. The third kappa shape index (κ3) is 5.47. The maximum absolute atomic E-state index is 14.3. The van der Waals surface area contributed by atoms with Crippen molar-refractivity contribution in [3.05, 3.63) is 46.9 Å². The molecule has 1 aliphatic rings. The van der Waals surface area contributed by atoms with Crippen LogP contribution in [0.3, 0.4) is 0 Å². The van der Waals surface area contributed by atoms with Crippen LogP contribution in [-0.4, -0.2) is 48.0 Å². The molecular formula is C22H21BrF4N4O2. The zero-order chi connectivity index (χ0) is 23.6. The van der Waals surface area contributed by atoms with Gasteiger partial charge in [0, 0.05) is 29.0 Å². The number of anilines is 2. The molecule has 11 heteroatoms. The summed E-state index contributed by atoms with van der Waals surface area (Å²) in [5.41, 5.74) is 0.801.